The lowest BCUT2D eigenvalue weighted by Gasteiger charge is -2.17. The number of hydrogen-bond donors (Lipinski definition) is 1. The molecule has 160 valence electrons. The van der Waals surface area contributed by atoms with E-state index >= 15 is 0 Å². The van der Waals surface area contributed by atoms with Crippen LogP contribution in [0.3, 0.4) is 0 Å². The molecule has 0 unspecified atom stereocenters. The molecule has 3 rings (SSSR count). The number of aromatic nitrogens is 2. The molecule has 1 aromatic carbocycles. The van der Waals surface area contributed by atoms with Crippen LogP contribution in [0.4, 0.5) is 0 Å². The molecule has 9 heteroatoms. The van der Waals surface area contributed by atoms with Crippen molar-refractivity contribution in [2.45, 2.75) is 20.0 Å². The Morgan fingerprint density at radius 3 is 2.70 bits per heavy atom. The molecule has 2 heterocycles. The number of aromatic amines is 1. The number of thiophene rings is 1. The van der Waals surface area contributed by atoms with E-state index in [2.05, 4.69) is 9.97 Å². The van der Waals surface area contributed by atoms with E-state index in [9.17, 15) is 9.59 Å². The van der Waals surface area contributed by atoms with Crippen LogP contribution in [-0.4, -0.2) is 55.3 Å². The van der Waals surface area contributed by atoms with Crippen LogP contribution in [0.2, 0.25) is 0 Å². The number of fused-ring (bicyclic) bond motifs is 1. The highest BCUT2D eigenvalue weighted by Gasteiger charge is 2.20. The highest BCUT2D eigenvalue weighted by molar-refractivity contribution is 7.20. The number of H-pyrrole nitrogens is 1. The topological polar surface area (TPSA) is 93.8 Å². The molecule has 0 aliphatic heterocycles. The Balaban J connectivity index is 1.80. The summed E-state index contributed by atoms with van der Waals surface area (Å²) in [5.41, 5.74) is 1.37. The monoisotopic (exact) mass is 431 g/mol. The second-order valence-corrected chi connectivity index (χ2v) is 7.86. The number of nitrogens with one attached hydrogen (secondary N) is 1. The van der Waals surface area contributed by atoms with Crippen LogP contribution in [0.1, 0.15) is 26.6 Å². The van der Waals surface area contributed by atoms with Gasteiger partial charge >= 0.3 is 5.97 Å². The molecule has 0 radical (unpaired) electrons. The first kappa shape index (κ1) is 21.9. The number of carbonyl (C=O) groups is 1. The largest absolute Gasteiger partial charge is 0.496 e. The van der Waals surface area contributed by atoms with E-state index in [4.69, 9.17) is 14.2 Å². The number of methoxy groups -OCH3 is 2. The fraction of sp³-hybridized carbons (Fsp3) is 0.381. The summed E-state index contributed by atoms with van der Waals surface area (Å²) in [5, 5.41) is 0.426. The summed E-state index contributed by atoms with van der Waals surface area (Å²) in [6.45, 7) is 3.28. The van der Waals surface area contributed by atoms with Crippen molar-refractivity contribution in [1.82, 2.24) is 14.9 Å². The van der Waals surface area contributed by atoms with Crippen LogP contribution in [0, 0.1) is 6.92 Å². The van der Waals surface area contributed by atoms with Gasteiger partial charge in [0.1, 0.15) is 27.9 Å². The highest BCUT2D eigenvalue weighted by atomic mass is 32.1. The van der Waals surface area contributed by atoms with E-state index in [1.807, 2.05) is 36.2 Å². The maximum atomic E-state index is 12.7. The SMILES string of the molecule is COCCOC(=O)c1sc2nc(CN(C)Cc3ccccc3OC)[nH]c(=O)c2c1C. The first-order valence-electron chi connectivity index (χ1n) is 9.43. The number of nitrogens with zero attached hydrogens (tertiary/aromatic N) is 2. The van der Waals surface area contributed by atoms with E-state index < -0.39 is 5.97 Å². The predicted octanol–water partition coefficient (Wildman–Crippen LogP) is 2.74. The van der Waals surface area contributed by atoms with Gasteiger partial charge < -0.3 is 19.2 Å². The number of benzene rings is 1. The van der Waals surface area contributed by atoms with Crippen molar-refractivity contribution >= 4 is 27.5 Å². The summed E-state index contributed by atoms with van der Waals surface area (Å²) in [4.78, 5) is 35.3. The van der Waals surface area contributed by atoms with Gasteiger partial charge in [0.25, 0.3) is 5.56 Å². The molecule has 30 heavy (non-hydrogen) atoms. The number of carbonyl (C=O) groups excluding carboxylic acids is 1. The van der Waals surface area contributed by atoms with Gasteiger partial charge in [0.05, 0.1) is 25.6 Å². The minimum absolute atomic E-state index is 0.159. The Morgan fingerprint density at radius 1 is 1.20 bits per heavy atom. The van der Waals surface area contributed by atoms with Crippen molar-refractivity contribution in [1.29, 1.82) is 0 Å². The zero-order valence-corrected chi connectivity index (χ0v) is 18.3. The molecule has 8 nitrogen and oxygen atoms in total. The molecule has 0 atom stereocenters. The van der Waals surface area contributed by atoms with Crippen LogP contribution < -0.4 is 10.3 Å². The van der Waals surface area contributed by atoms with Crippen LogP contribution in [0.5, 0.6) is 5.75 Å². The molecule has 3 aromatic rings. The van der Waals surface area contributed by atoms with Crippen LogP contribution in [0.25, 0.3) is 10.2 Å². The highest BCUT2D eigenvalue weighted by Crippen LogP contribution is 2.28. The molecule has 0 bridgehead atoms. The average molecular weight is 432 g/mol. The summed E-state index contributed by atoms with van der Waals surface area (Å²) >= 11 is 1.17. The quantitative estimate of drug-likeness (QED) is 0.411. The van der Waals surface area contributed by atoms with Crippen LogP contribution in [0.15, 0.2) is 29.1 Å². The van der Waals surface area contributed by atoms with Crippen molar-refractivity contribution in [2.24, 2.45) is 0 Å². The normalized spacial score (nSPS) is 11.2. The maximum absolute atomic E-state index is 12.7. The lowest BCUT2D eigenvalue weighted by molar-refractivity contribution is 0.0393. The van der Waals surface area contributed by atoms with Crippen LogP contribution >= 0.6 is 11.3 Å². The van der Waals surface area contributed by atoms with Gasteiger partial charge in [-0.25, -0.2) is 9.78 Å². The number of rotatable bonds is 9. The van der Waals surface area contributed by atoms with E-state index in [1.54, 1.807) is 14.0 Å². The predicted molar refractivity (Wildman–Crippen MR) is 115 cm³/mol. The Labute approximate surface area is 178 Å². The molecule has 0 saturated heterocycles. The number of para-hydroxylation sites is 1. The van der Waals surface area contributed by atoms with Gasteiger partial charge in [0.2, 0.25) is 0 Å². The lowest BCUT2D eigenvalue weighted by Crippen LogP contribution is -2.22. The summed E-state index contributed by atoms with van der Waals surface area (Å²) in [6.07, 6.45) is 0. The number of hydrogen-bond acceptors (Lipinski definition) is 8. The summed E-state index contributed by atoms with van der Waals surface area (Å²) in [5.74, 6) is 0.874. The molecule has 0 saturated carbocycles. The zero-order valence-electron chi connectivity index (χ0n) is 17.5. The third kappa shape index (κ3) is 4.86. The number of ether oxygens (including phenoxy) is 3. The fourth-order valence-corrected chi connectivity index (χ4v) is 4.27. The standard InChI is InChI=1S/C21H25N3O5S/c1-13-17-19(25)22-16(12-24(2)11-14-7-5-6-8-15(14)28-4)23-20(17)30-18(13)21(26)29-10-9-27-3/h5-8H,9-12H2,1-4H3,(H,22,23,25). The van der Waals surface area contributed by atoms with E-state index in [0.29, 0.717) is 46.2 Å². The molecule has 0 spiro atoms. The molecule has 0 fully saturated rings. The van der Waals surface area contributed by atoms with Crippen molar-refractivity contribution in [3.63, 3.8) is 0 Å². The number of esters is 1. The molecule has 0 aliphatic carbocycles. The Hall–Kier alpha value is -2.75. The smallest absolute Gasteiger partial charge is 0.348 e. The number of aryl methyl sites for hydroxylation is 1. The summed E-state index contributed by atoms with van der Waals surface area (Å²) in [6, 6.07) is 7.79. The van der Waals surface area contributed by atoms with Gasteiger partial charge in [-0.3, -0.25) is 9.69 Å². The first-order valence-corrected chi connectivity index (χ1v) is 10.2. The Bertz CT molecular complexity index is 1090. The molecule has 0 amide bonds. The van der Waals surface area contributed by atoms with Crippen molar-refractivity contribution in [3.05, 3.63) is 56.4 Å². The minimum Gasteiger partial charge on any atom is -0.496 e. The Kier molecular flexibility index (Phi) is 7.20. The van der Waals surface area contributed by atoms with Gasteiger partial charge in [-0.05, 0) is 25.6 Å². The van der Waals surface area contributed by atoms with E-state index in [-0.39, 0.29) is 12.2 Å². The summed E-state index contributed by atoms with van der Waals surface area (Å²) < 4.78 is 15.5. The van der Waals surface area contributed by atoms with Crippen LogP contribution in [-0.2, 0) is 22.6 Å². The zero-order chi connectivity index (χ0) is 21.7. The molecule has 2 aromatic heterocycles. The maximum Gasteiger partial charge on any atom is 0.348 e. The fourth-order valence-electron chi connectivity index (χ4n) is 3.18. The van der Waals surface area contributed by atoms with E-state index in [0.717, 1.165) is 11.3 Å². The van der Waals surface area contributed by atoms with Crippen molar-refractivity contribution < 1.29 is 19.0 Å². The summed E-state index contributed by atoms with van der Waals surface area (Å²) in [7, 11) is 5.12. The molecule has 0 aliphatic rings. The minimum atomic E-state index is -0.471. The average Bonchev–Trinajstić information content (AvgIpc) is 3.05. The molecular weight excluding hydrogens is 406 g/mol. The van der Waals surface area contributed by atoms with Gasteiger partial charge in [-0.15, -0.1) is 11.3 Å². The molecular formula is C21H25N3O5S. The van der Waals surface area contributed by atoms with Crippen molar-refractivity contribution in [2.75, 3.05) is 34.5 Å². The van der Waals surface area contributed by atoms with Gasteiger partial charge in [0.15, 0.2) is 0 Å². The lowest BCUT2D eigenvalue weighted by atomic mass is 10.2. The third-order valence-electron chi connectivity index (χ3n) is 4.61. The first-order chi connectivity index (χ1) is 14.4. The Morgan fingerprint density at radius 2 is 1.97 bits per heavy atom. The van der Waals surface area contributed by atoms with Crippen molar-refractivity contribution in [3.8, 4) is 5.75 Å². The second kappa shape index (κ2) is 9.84. The van der Waals surface area contributed by atoms with Gasteiger partial charge in [-0.1, -0.05) is 18.2 Å². The third-order valence-corrected chi connectivity index (χ3v) is 5.77. The molecule has 1 N–H and O–H groups in total. The van der Waals surface area contributed by atoms with E-state index in [1.165, 1.54) is 18.4 Å². The van der Waals surface area contributed by atoms with Gasteiger partial charge in [0, 0.05) is 19.2 Å². The second-order valence-electron chi connectivity index (χ2n) is 6.86. The van der Waals surface area contributed by atoms with Gasteiger partial charge in [-0.2, -0.15) is 0 Å².